The van der Waals surface area contributed by atoms with Crippen LogP contribution in [-0.4, -0.2) is 34.8 Å². The van der Waals surface area contributed by atoms with Gasteiger partial charge in [0.25, 0.3) is 5.17 Å². The number of aliphatic imine (C=N–C) groups is 1. The summed E-state index contributed by atoms with van der Waals surface area (Å²) in [6, 6.07) is 7.33. The van der Waals surface area contributed by atoms with Gasteiger partial charge in [-0.25, -0.2) is 18.3 Å². The minimum absolute atomic E-state index is 0.107. The molecule has 9 heteroatoms. The maximum atomic E-state index is 13.8. The van der Waals surface area contributed by atoms with E-state index in [0.717, 1.165) is 22.4 Å². The minimum Gasteiger partial charge on any atom is -0.419 e. The molecule has 0 saturated carbocycles. The van der Waals surface area contributed by atoms with Crippen LogP contribution in [0.15, 0.2) is 63.3 Å². The van der Waals surface area contributed by atoms with Crippen molar-refractivity contribution in [2.45, 2.75) is 25.3 Å². The van der Waals surface area contributed by atoms with Gasteiger partial charge in [-0.15, -0.1) is 0 Å². The van der Waals surface area contributed by atoms with E-state index in [2.05, 4.69) is 15.3 Å². The lowest BCUT2D eigenvalue weighted by Crippen LogP contribution is -2.45. The van der Waals surface area contributed by atoms with Gasteiger partial charge in [-0.1, -0.05) is 13.8 Å². The number of benzene rings is 1. The highest BCUT2D eigenvalue weighted by Gasteiger charge is 2.42. The Kier molecular flexibility index (Phi) is 7.17. The number of ether oxygens (including phenoxy) is 1. The minimum atomic E-state index is -0.622. The number of nitrogens with zero attached hydrogens (tertiary/aromatic N) is 3. The summed E-state index contributed by atoms with van der Waals surface area (Å²) >= 11 is 6.46. The van der Waals surface area contributed by atoms with Crippen LogP contribution in [0.4, 0.5) is 8.78 Å². The molecule has 1 aromatic heterocycles. The molecule has 1 unspecified atom stereocenters. The summed E-state index contributed by atoms with van der Waals surface area (Å²) in [4.78, 5) is 9.20. The number of rotatable bonds is 7. The third-order valence-corrected chi connectivity index (χ3v) is 6.04. The summed E-state index contributed by atoms with van der Waals surface area (Å²) in [6.45, 7) is 4.77. The second kappa shape index (κ2) is 9.63. The number of aromatic nitrogens is 1. The predicted octanol–water partition coefficient (Wildman–Crippen LogP) is 4.81. The van der Waals surface area contributed by atoms with Crippen molar-refractivity contribution < 1.29 is 18.0 Å². The smallest absolute Gasteiger partial charge is 0.260 e. The van der Waals surface area contributed by atoms with Crippen LogP contribution >= 0.6 is 24.0 Å². The molecule has 2 heterocycles. The maximum Gasteiger partial charge on any atom is 0.260 e. The van der Waals surface area contributed by atoms with Crippen LogP contribution < -0.4 is 5.32 Å². The monoisotopic (exact) mass is 449 g/mol. The molecule has 1 aliphatic rings. The highest BCUT2D eigenvalue weighted by atomic mass is 32.2. The molecule has 158 valence electrons. The van der Waals surface area contributed by atoms with E-state index in [-0.39, 0.29) is 22.3 Å². The average molecular weight is 450 g/mol. The van der Waals surface area contributed by atoms with Crippen molar-refractivity contribution in [3.05, 3.63) is 70.6 Å². The van der Waals surface area contributed by atoms with Crippen LogP contribution in [0.2, 0.25) is 0 Å². The molecule has 5 nitrogen and oxygen atoms in total. The van der Waals surface area contributed by atoms with E-state index in [9.17, 15) is 8.78 Å². The quantitative estimate of drug-likeness (QED) is 0.485. The van der Waals surface area contributed by atoms with Gasteiger partial charge in [-0.3, -0.25) is 4.98 Å². The number of hydrogen-bond acceptors (Lipinski definition) is 5. The van der Waals surface area contributed by atoms with Crippen LogP contribution in [0.1, 0.15) is 19.4 Å². The summed E-state index contributed by atoms with van der Waals surface area (Å²) in [7, 11) is 1.69. The maximum absolute atomic E-state index is 13.8. The van der Waals surface area contributed by atoms with E-state index in [4.69, 9.17) is 17.0 Å². The van der Waals surface area contributed by atoms with E-state index < -0.39 is 11.6 Å². The second-order valence-electron chi connectivity index (χ2n) is 7.16. The van der Waals surface area contributed by atoms with Crippen LogP contribution in [0.25, 0.3) is 0 Å². The Balaban J connectivity index is 2.04. The molecule has 0 saturated heterocycles. The molecule has 2 aromatic rings. The standard InChI is InChI=1S/C21H22F2N4OS2/c1-14(2)19-20(30-18-9-16(22)8-17(23)10-18)27(12-26-19,13-28-21(29)24-3)11-15-4-6-25-7-5-15/h4-10,12,14H,11,13H2,1-3H3/p+1. The van der Waals surface area contributed by atoms with Crippen molar-refractivity contribution in [1.29, 1.82) is 0 Å². The summed E-state index contributed by atoms with van der Waals surface area (Å²) in [5.41, 5.74) is 1.86. The molecule has 1 atom stereocenters. The van der Waals surface area contributed by atoms with E-state index >= 15 is 0 Å². The van der Waals surface area contributed by atoms with Gasteiger partial charge in [0.2, 0.25) is 11.8 Å². The number of quaternary nitrogens is 1. The first kappa shape index (κ1) is 22.3. The largest absolute Gasteiger partial charge is 0.419 e. The molecule has 1 aromatic carbocycles. The van der Waals surface area contributed by atoms with Crippen LogP contribution in [0.5, 0.6) is 0 Å². The van der Waals surface area contributed by atoms with Crippen molar-refractivity contribution in [3.63, 3.8) is 0 Å². The number of nitrogens with one attached hydrogen (secondary N) is 1. The van der Waals surface area contributed by atoms with Gasteiger partial charge in [-0.05, 0) is 48.2 Å². The zero-order valence-electron chi connectivity index (χ0n) is 16.9. The number of thioether (sulfide) groups is 1. The predicted molar refractivity (Wildman–Crippen MR) is 118 cm³/mol. The van der Waals surface area contributed by atoms with Gasteiger partial charge in [0, 0.05) is 41.9 Å². The average Bonchev–Trinajstić information content (AvgIpc) is 3.04. The van der Waals surface area contributed by atoms with Gasteiger partial charge < -0.3 is 10.1 Å². The Morgan fingerprint density at radius 3 is 2.47 bits per heavy atom. The number of hydrogen-bond donors (Lipinski definition) is 1. The molecule has 0 aliphatic carbocycles. The first-order valence-electron chi connectivity index (χ1n) is 9.37. The summed E-state index contributed by atoms with van der Waals surface area (Å²) < 4.78 is 33.7. The molecule has 0 amide bonds. The molecular formula is C21H23F2N4OS2+. The number of thiocarbonyl (C=S) groups is 1. The van der Waals surface area contributed by atoms with E-state index in [1.165, 1.54) is 23.9 Å². The Hall–Kier alpha value is -2.36. The molecule has 0 fully saturated rings. The third-order valence-electron chi connectivity index (χ3n) is 4.48. The SMILES string of the molecule is CNC(=S)OC[N+]1(Cc2ccncc2)C=NC(C(C)C)=C1Sc1cc(F)cc(F)c1. The molecule has 1 aliphatic heterocycles. The van der Waals surface area contributed by atoms with Crippen molar-refractivity contribution >= 4 is 35.5 Å². The van der Waals surface area contributed by atoms with Crippen molar-refractivity contribution in [3.8, 4) is 0 Å². The molecule has 3 rings (SSSR count). The molecule has 30 heavy (non-hydrogen) atoms. The first-order chi connectivity index (χ1) is 14.3. The molecular weight excluding hydrogens is 426 g/mol. The van der Waals surface area contributed by atoms with Gasteiger partial charge in [0.1, 0.15) is 23.9 Å². The highest BCUT2D eigenvalue weighted by Crippen LogP contribution is 2.43. The first-order valence-corrected chi connectivity index (χ1v) is 10.6. The number of pyridine rings is 1. The Morgan fingerprint density at radius 1 is 1.20 bits per heavy atom. The molecule has 0 spiro atoms. The Morgan fingerprint density at radius 2 is 1.87 bits per heavy atom. The third kappa shape index (κ3) is 5.21. The summed E-state index contributed by atoms with van der Waals surface area (Å²) in [5, 5.41) is 3.90. The van der Waals surface area contributed by atoms with Crippen LogP contribution in [0, 0.1) is 17.6 Å². The van der Waals surface area contributed by atoms with Gasteiger partial charge in [-0.2, -0.15) is 0 Å². The lowest BCUT2D eigenvalue weighted by Gasteiger charge is -2.32. The topological polar surface area (TPSA) is 46.5 Å². The van der Waals surface area contributed by atoms with Crippen molar-refractivity contribution in [1.82, 2.24) is 10.3 Å². The van der Waals surface area contributed by atoms with E-state index in [1.54, 1.807) is 19.4 Å². The fraction of sp³-hybridized carbons (Fsp3) is 0.286. The molecule has 0 bridgehead atoms. The molecule has 0 radical (unpaired) electrons. The highest BCUT2D eigenvalue weighted by molar-refractivity contribution is 8.02. The van der Waals surface area contributed by atoms with Gasteiger partial charge in [0.05, 0.1) is 0 Å². The summed E-state index contributed by atoms with van der Waals surface area (Å²) in [5.74, 6) is -1.14. The van der Waals surface area contributed by atoms with Gasteiger partial charge >= 0.3 is 0 Å². The lowest BCUT2D eigenvalue weighted by atomic mass is 10.1. The Bertz CT molecular complexity index is 962. The van der Waals surface area contributed by atoms with Crippen molar-refractivity contribution in [2.24, 2.45) is 10.9 Å². The fourth-order valence-corrected chi connectivity index (χ4v) is 4.42. The normalized spacial score (nSPS) is 18.2. The van der Waals surface area contributed by atoms with Gasteiger partial charge in [0.15, 0.2) is 6.34 Å². The zero-order valence-corrected chi connectivity index (χ0v) is 18.6. The lowest BCUT2D eigenvalue weighted by molar-refractivity contribution is -0.819. The van der Waals surface area contributed by atoms with E-state index in [1.807, 2.05) is 32.3 Å². The zero-order chi connectivity index (χ0) is 21.7. The number of allylic oxidation sites excluding steroid dienone is 1. The number of halogens is 2. The fourth-order valence-electron chi connectivity index (χ4n) is 3.06. The summed E-state index contributed by atoms with van der Waals surface area (Å²) in [6.07, 6.45) is 5.26. The molecule has 1 N–H and O–H groups in total. The van der Waals surface area contributed by atoms with Crippen LogP contribution in [0.3, 0.4) is 0 Å². The second-order valence-corrected chi connectivity index (χ2v) is 8.59. The van der Waals surface area contributed by atoms with Crippen LogP contribution in [-0.2, 0) is 11.3 Å². The van der Waals surface area contributed by atoms with Crippen molar-refractivity contribution in [2.75, 3.05) is 13.8 Å². The van der Waals surface area contributed by atoms with E-state index in [0.29, 0.717) is 11.4 Å². The Labute approximate surface area is 184 Å².